The van der Waals surface area contributed by atoms with E-state index in [4.69, 9.17) is 0 Å². The fourth-order valence-corrected chi connectivity index (χ4v) is 2.93. The van der Waals surface area contributed by atoms with Crippen LogP contribution in [-0.2, 0) is 12.8 Å². The minimum absolute atomic E-state index is 0.664. The molecule has 0 aliphatic heterocycles. The highest BCUT2D eigenvalue weighted by molar-refractivity contribution is 5.40. The average molecular weight is 270 g/mol. The maximum Gasteiger partial charge on any atom is 0.138 e. The Kier molecular flexibility index (Phi) is 4.11. The zero-order chi connectivity index (χ0) is 13.8. The van der Waals surface area contributed by atoms with Gasteiger partial charge >= 0.3 is 0 Å². The Morgan fingerprint density at radius 3 is 2.85 bits per heavy atom. The zero-order valence-corrected chi connectivity index (χ0v) is 12.0. The summed E-state index contributed by atoms with van der Waals surface area (Å²) in [5.41, 5.74) is 4.08. The summed E-state index contributed by atoms with van der Waals surface area (Å²) in [7, 11) is 0. The van der Waals surface area contributed by atoms with Gasteiger partial charge in [0.05, 0.1) is 5.69 Å². The normalized spacial score (nSPS) is 18.6. The lowest BCUT2D eigenvalue weighted by atomic mass is 10.0. The standard InChI is InChI=1S/C16H22N4/c1-2-9-18-15-6-3-13-5-8-16(10-14(13)4-7-15)20-12-17-11-19-20/h5,8,10-12,15,18H,2-4,6-7,9H2,1H3/t15-/m0/s1. The van der Waals surface area contributed by atoms with Gasteiger partial charge in [-0.25, -0.2) is 9.67 Å². The Morgan fingerprint density at radius 2 is 2.10 bits per heavy atom. The fraction of sp³-hybridized carbons (Fsp3) is 0.500. The Bertz CT molecular complexity index is 548. The number of aryl methyl sites for hydroxylation is 2. The largest absolute Gasteiger partial charge is 0.314 e. The molecule has 4 nitrogen and oxygen atoms in total. The third-order valence-electron chi connectivity index (χ3n) is 4.08. The van der Waals surface area contributed by atoms with E-state index in [-0.39, 0.29) is 0 Å². The Hall–Kier alpha value is -1.68. The minimum atomic E-state index is 0.664. The molecular weight excluding hydrogens is 248 g/mol. The lowest BCUT2D eigenvalue weighted by Crippen LogP contribution is -2.29. The van der Waals surface area contributed by atoms with Gasteiger partial charge in [0.25, 0.3) is 0 Å². The summed E-state index contributed by atoms with van der Waals surface area (Å²) in [6.07, 6.45) is 9.34. The van der Waals surface area contributed by atoms with Crippen LogP contribution in [0.1, 0.15) is 37.3 Å². The first kappa shape index (κ1) is 13.3. The van der Waals surface area contributed by atoms with Crippen LogP contribution in [-0.4, -0.2) is 27.4 Å². The Balaban J connectivity index is 1.75. The van der Waals surface area contributed by atoms with Gasteiger partial charge in [-0.2, -0.15) is 5.10 Å². The molecule has 0 spiro atoms. The quantitative estimate of drug-likeness (QED) is 0.868. The summed E-state index contributed by atoms with van der Waals surface area (Å²) < 4.78 is 1.83. The second-order valence-corrected chi connectivity index (χ2v) is 5.52. The van der Waals surface area contributed by atoms with E-state index < -0.39 is 0 Å². The molecule has 1 heterocycles. The highest BCUT2D eigenvalue weighted by Crippen LogP contribution is 2.23. The predicted molar refractivity (Wildman–Crippen MR) is 80.1 cm³/mol. The summed E-state index contributed by atoms with van der Waals surface area (Å²) in [5.74, 6) is 0. The van der Waals surface area contributed by atoms with E-state index in [1.54, 1.807) is 12.7 Å². The molecule has 0 saturated heterocycles. The van der Waals surface area contributed by atoms with Crippen molar-refractivity contribution >= 4 is 0 Å². The first-order valence-corrected chi connectivity index (χ1v) is 7.57. The Labute approximate surface area is 120 Å². The van der Waals surface area contributed by atoms with Gasteiger partial charge < -0.3 is 5.32 Å². The van der Waals surface area contributed by atoms with Crippen molar-refractivity contribution in [1.82, 2.24) is 20.1 Å². The number of rotatable bonds is 4. The molecule has 0 saturated carbocycles. The van der Waals surface area contributed by atoms with E-state index in [0.717, 1.165) is 18.7 Å². The summed E-state index contributed by atoms with van der Waals surface area (Å²) in [5, 5.41) is 7.87. The summed E-state index contributed by atoms with van der Waals surface area (Å²) in [4.78, 5) is 4.02. The lowest BCUT2D eigenvalue weighted by molar-refractivity contribution is 0.464. The predicted octanol–water partition coefficient (Wildman–Crippen LogP) is 2.51. The van der Waals surface area contributed by atoms with Crippen molar-refractivity contribution in [2.24, 2.45) is 0 Å². The topological polar surface area (TPSA) is 42.7 Å². The van der Waals surface area contributed by atoms with E-state index in [2.05, 4.69) is 40.5 Å². The molecule has 1 N–H and O–H groups in total. The van der Waals surface area contributed by atoms with Crippen LogP contribution in [0.15, 0.2) is 30.9 Å². The van der Waals surface area contributed by atoms with Gasteiger partial charge in [-0.1, -0.05) is 13.0 Å². The molecule has 0 unspecified atom stereocenters. The maximum absolute atomic E-state index is 4.21. The van der Waals surface area contributed by atoms with E-state index in [1.165, 1.54) is 36.8 Å². The van der Waals surface area contributed by atoms with Crippen LogP contribution in [0.5, 0.6) is 0 Å². The van der Waals surface area contributed by atoms with Crippen molar-refractivity contribution in [2.75, 3.05) is 6.54 Å². The third kappa shape index (κ3) is 2.90. The molecule has 4 heteroatoms. The van der Waals surface area contributed by atoms with Crippen LogP contribution >= 0.6 is 0 Å². The number of nitrogens with zero attached hydrogens (tertiary/aromatic N) is 3. The van der Waals surface area contributed by atoms with Crippen LogP contribution in [0.3, 0.4) is 0 Å². The SMILES string of the molecule is CCCN[C@H]1CCc2ccc(-n3cncn3)cc2CC1. The van der Waals surface area contributed by atoms with Gasteiger partial charge in [-0.15, -0.1) is 0 Å². The molecular formula is C16H22N4. The Morgan fingerprint density at radius 1 is 1.25 bits per heavy atom. The van der Waals surface area contributed by atoms with E-state index in [0.29, 0.717) is 6.04 Å². The second-order valence-electron chi connectivity index (χ2n) is 5.52. The summed E-state index contributed by atoms with van der Waals surface area (Å²) >= 11 is 0. The van der Waals surface area contributed by atoms with Gasteiger partial charge in [-0.3, -0.25) is 0 Å². The molecule has 0 fully saturated rings. The van der Waals surface area contributed by atoms with Crippen molar-refractivity contribution in [3.63, 3.8) is 0 Å². The molecule has 0 bridgehead atoms. The molecule has 2 aromatic rings. The van der Waals surface area contributed by atoms with Crippen molar-refractivity contribution in [3.05, 3.63) is 42.0 Å². The maximum atomic E-state index is 4.21. The van der Waals surface area contributed by atoms with Gasteiger partial charge in [0, 0.05) is 6.04 Å². The van der Waals surface area contributed by atoms with E-state index in [1.807, 2.05) is 4.68 Å². The van der Waals surface area contributed by atoms with Gasteiger partial charge in [0.2, 0.25) is 0 Å². The smallest absolute Gasteiger partial charge is 0.138 e. The highest BCUT2D eigenvalue weighted by atomic mass is 15.3. The third-order valence-corrected chi connectivity index (χ3v) is 4.08. The highest BCUT2D eigenvalue weighted by Gasteiger charge is 2.16. The van der Waals surface area contributed by atoms with Crippen molar-refractivity contribution < 1.29 is 0 Å². The molecule has 1 aliphatic rings. The van der Waals surface area contributed by atoms with Crippen molar-refractivity contribution in [2.45, 2.75) is 45.1 Å². The number of aromatic nitrogens is 3. The van der Waals surface area contributed by atoms with Crippen LogP contribution in [0.25, 0.3) is 5.69 Å². The van der Waals surface area contributed by atoms with Gasteiger partial charge in [0.15, 0.2) is 0 Å². The average Bonchev–Trinajstić information content (AvgIpc) is 2.94. The fourth-order valence-electron chi connectivity index (χ4n) is 2.93. The van der Waals surface area contributed by atoms with Crippen molar-refractivity contribution in [1.29, 1.82) is 0 Å². The van der Waals surface area contributed by atoms with Crippen LogP contribution in [0.2, 0.25) is 0 Å². The molecule has 20 heavy (non-hydrogen) atoms. The van der Waals surface area contributed by atoms with Gasteiger partial charge in [0.1, 0.15) is 12.7 Å². The lowest BCUT2D eigenvalue weighted by Gasteiger charge is -2.15. The van der Waals surface area contributed by atoms with Crippen LogP contribution in [0.4, 0.5) is 0 Å². The summed E-state index contributed by atoms with van der Waals surface area (Å²) in [6, 6.07) is 7.34. The number of hydrogen-bond donors (Lipinski definition) is 1. The number of hydrogen-bond acceptors (Lipinski definition) is 3. The second kappa shape index (κ2) is 6.18. The van der Waals surface area contributed by atoms with E-state index >= 15 is 0 Å². The molecule has 1 atom stereocenters. The first-order chi connectivity index (χ1) is 9.86. The number of nitrogens with one attached hydrogen (secondary N) is 1. The molecule has 0 amide bonds. The number of benzene rings is 1. The van der Waals surface area contributed by atoms with Crippen molar-refractivity contribution in [3.8, 4) is 5.69 Å². The number of fused-ring (bicyclic) bond motifs is 1. The van der Waals surface area contributed by atoms with Gasteiger partial charge in [-0.05, 0) is 61.9 Å². The zero-order valence-electron chi connectivity index (χ0n) is 12.0. The molecule has 0 radical (unpaired) electrons. The molecule has 3 rings (SSSR count). The molecule has 1 aromatic carbocycles. The van der Waals surface area contributed by atoms with E-state index in [9.17, 15) is 0 Å². The minimum Gasteiger partial charge on any atom is -0.314 e. The first-order valence-electron chi connectivity index (χ1n) is 7.57. The molecule has 1 aromatic heterocycles. The molecule has 106 valence electrons. The summed E-state index contributed by atoms with van der Waals surface area (Å²) in [6.45, 7) is 3.36. The monoisotopic (exact) mass is 270 g/mol. The molecule has 1 aliphatic carbocycles. The van der Waals surface area contributed by atoms with Crippen LogP contribution < -0.4 is 5.32 Å². The van der Waals surface area contributed by atoms with Crippen LogP contribution in [0, 0.1) is 0 Å².